The zero-order chi connectivity index (χ0) is 81.4. The maximum Gasteiger partial charge on any atom is 0.373 e. The van der Waals surface area contributed by atoms with E-state index in [1.807, 2.05) is 55.4 Å². The number of hydrogen-bond acceptors (Lipinski definition) is 38. The van der Waals surface area contributed by atoms with E-state index in [-0.39, 0.29) is 173 Å². The molecule has 2 heterocycles. The van der Waals surface area contributed by atoms with Crippen molar-refractivity contribution in [3.63, 3.8) is 0 Å². The van der Waals surface area contributed by atoms with Gasteiger partial charge in [0.05, 0.1) is 48.1 Å². The van der Waals surface area contributed by atoms with Crippen molar-refractivity contribution >= 4 is 156 Å². The third kappa shape index (κ3) is 71.9. The summed E-state index contributed by atoms with van der Waals surface area (Å²) in [5.74, 6) is 1.76. The molecule has 40 heteroatoms. The second kappa shape index (κ2) is 84.1. The number of hydrogen-bond donors (Lipinski definition) is 2. The number of imide groups is 2. The normalized spacial score (nSPS) is 12.2. The van der Waals surface area contributed by atoms with Gasteiger partial charge in [-0.2, -0.15) is 124 Å². The molecule has 0 saturated carbocycles. The molecule has 574 valence electrons. The van der Waals surface area contributed by atoms with Crippen molar-refractivity contribution in [1.82, 2.24) is 9.80 Å². The first-order chi connectivity index (χ1) is 48.4. The van der Waals surface area contributed by atoms with E-state index in [1.54, 1.807) is 60.9 Å². The highest BCUT2D eigenvalue weighted by Gasteiger charge is 2.37. The summed E-state index contributed by atoms with van der Waals surface area (Å²) in [7, 11) is 1.00. The van der Waals surface area contributed by atoms with Crippen LogP contribution in [0.1, 0.15) is 108 Å². The average Bonchev–Trinajstić information content (AvgIpc) is 1.72. The first-order valence-electron chi connectivity index (χ1n) is 29.5. The number of carbonyl (C=O) groups is 10. The Hall–Kier alpha value is -9.32. The summed E-state index contributed by atoms with van der Waals surface area (Å²) in [4.78, 5) is 250. The largest absolute Gasteiger partial charge is 0.465 e. The van der Waals surface area contributed by atoms with E-state index < -0.39 is 28.7 Å². The highest BCUT2D eigenvalue weighted by Crippen LogP contribution is 2.28. The van der Waals surface area contributed by atoms with Crippen molar-refractivity contribution in [2.75, 3.05) is 106 Å². The lowest BCUT2D eigenvalue weighted by Gasteiger charge is -2.32. The molecule has 3 N–H and O–H groups in total. The van der Waals surface area contributed by atoms with Crippen LogP contribution in [0.4, 0.5) is 0 Å². The smallest absolute Gasteiger partial charge is 0.373 e. The van der Waals surface area contributed by atoms with E-state index in [9.17, 15) is 47.9 Å². The molecule has 0 aromatic heterocycles. The van der Waals surface area contributed by atoms with Gasteiger partial charge in [0.15, 0.2) is 0 Å². The Morgan fingerprint density at radius 3 is 0.951 bits per heavy atom. The maximum atomic E-state index is 12.7. The second-order valence-electron chi connectivity index (χ2n) is 18.7. The minimum absolute atomic E-state index is 0.0163. The molecule has 4 amide bonds. The van der Waals surface area contributed by atoms with E-state index in [4.69, 9.17) is 116 Å². The Labute approximate surface area is 605 Å². The van der Waals surface area contributed by atoms with E-state index in [0.29, 0.717) is 55.1 Å². The van der Waals surface area contributed by atoms with Crippen molar-refractivity contribution in [3.8, 4) is 0 Å². The molecule has 0 aliphatic carbocycles. The number of nitrogens with zero attached hydrogens (tertiary/aromatic N) is 2. The first kappa shape index (κ1) is 114. The fourth-order valence-corrected chi connectivity index (χ4v) is 8.83. The SMILES string of the molecule is C=C(C)C(=O)OCC(CC)(COC(=O)CCSCC)COC(=O)C(C)CSCC.CCSCCC(=O)OCC(CC)(COC(=O)C(C)CCCN1C(=O)C=CC1=O)COC(=O)C(C)CSCC.CO.NCN1C(=O)C=CC1=O.O=C=O.O=C=O.O=C=O.O=C=O.O=C=O.O=C=O.O=C=O.O=C=O. The van der Waals surface area contributed by atoms with Gasteiger partial charge in [-0.05, 0) is 55.6 Å². The summed E-state index contributed by atoms with van der Waals surface area (Å²) in [5.41, 5.74) is 3.69. The van der Waals surface area contributed by atoms with Crippen LogP contribution in [0.2, 0.25) is 0 Å². The Bertz CT molecular complexity index is 2570. The molecule has 0 radical (unpaired) electrons. The summed E-state index contributed by atoms with van der Waals surface area (Å²) < 4.78 is 33.0. The quantitative estimate of drug-likeness (QED) is 0.0294. The molecule has 0 aromatic rings. The molecular weight excluding hydrogens is 1440 g/mol. The molecule has 0 spiro atoms. The third-order valence-electron chi connectivity index (χ3n) is 11.7. The number of aliphatic hydroxyl groups excluding tert-OH is 1. The van der Waals surface area contributed by atoms with Crippen LogP contribution >= 0.6 is 47.0 Å². The molecule has 2 rings (SSSR count). The van der Waals surface area contributed by atoms with Gasteiger partial charge >= 0.3 is 85.0 Å². The van der Waals surface area contributed by atoms with Gasteiger partial charge < -0.3 is 39.3 Å². The van der Waals surface area contributed by atoms with Crippen LogP contribution in [-0.2, 0) is 153 Å². The zero-order valence-electron chi connectivity index (χ0n) is 58.4. The molecule has 0 fully saturated rings. The van der Waals surface area contributed by atoms with Gasteiger partial charge in [-0.25, -0.2) is 4.79 Å². The monoisotopic (exact) mass is 1530 g/mol. The van der Waals surface area contributed by atoms with E-state index in [1.165, 1.54) is 24.3 Å². The predicted octanol–water partition coefficient (Wildman–Crippen LogP) is 1.78. The van der Waals surface area contributed by atoms with E-state index in [2.05, 4.69) is 6.58 Å². The summed E-state index contributed by atoms with van der Waals surface area (Å²) in [6.45, 7) is 22.5. The number of rotatable bonds is 37. The molecule has 102 heavy (non-hydrogen) atoms. The van der Waals surface area contributed by atoms with Crippen LogP contribution < -0.4 is 5.73 Å². The van der Waals surface area contributed by atoms with E-state index in [0.717, 1.165) is 39.9 Å². The van der Waals surface area contributed by atoms with Gasteiger partial charge in [0.2, 0.25) is 0 Å². The number of carbonyl (C=O) groups excluding carboxylic acids is 26. The highest BCUT2D eigenvalue weighted by atomic mass is 32.2. The number of ether oxygens (including phenoxy) is 6. The minimum atomic E-state index is -0.865. The van der Waals surface area contributed by atoms with Crippen molar-refractivity contribution in [1.29, 1.82) is 0 Å². The fraction of sp³-hybridized carbons (Fsp3) is 0.613. The summed E-state index contributed by atoms with van der Waals surface area (Å²) in [5, 5.41) is 7.00. The molecule has 2 aliphatic rings. The lowest BCUT2D eigenvalue weighted by molar-refractivity contribution is -0.193. The standard InChI is InChI=1S/C27H43NO8S2.C21H36O6S2.C5H6N2O2.8CO2.CH4O/c1-6-27(17-34-24(31)13-15-37-7-2,19-36-26(33)21(5)16-38-8-3)18-35-25(32)20(4)10-9-14-28-22(29)11-12-23(28)30;1-7-21(14-26-19(23)16(4)5,13-25-18(22)10-11-28-8-2)15-27-20(24)17(6)12-29-9-3;6-3-7-4(8)1-2-5(7)9;8*2-1-3;1-2/h11-12,20-21H,6-10,13-19H2,1-5H3;17H,4,7-15H2,1-3,5-6H3;1-2H,3,6H2;;;;;;;;;2H,1H3. The Morgan fingerprint density at radius 1 is 0.451 bits per heavy atom. The van der Waals surface area contributed by atoms with Crippen LogP contribution in [0.5, 0.6) is 0 Å². The topological polar surface area (TPSA) is 552 Å². The number of nitrogens with two attached hydrogens (primary N) is 1. The average molecular weight is 1530 g/mol. The number of esters is 6. The Balaban J connectivity index is -0.000000143. The molecule has 2 aliphatic heterocycles. The Morgan fingerprint density at radius 2 is 0.706 bits per heavy atom. The van der Waals surface area contributed by atoms with Gasteiger partial charge in [0.1, 0.15) is 39.6 Å². The Kier molecular flexibility index (Phi) is 94.0. The minimum Gasteiger partial charge on any atom is -0.465 e. The highest BCUT2D eigenvalue weighted by molar-refractivity contribution is 7.99. The van der Waals surface area contributed by atoms with Crippen molar-refractivity contribution in [2.24, 2.45) is 34.3 Å². The van der Waals surface area contributed by atoms with Gasteiger partial charge in [-0.1, -0.05) is 68.9 Å². The molecule has 5 atom stereocenters. The molecule has 0 saturated heterocycles. The van der Waals surface area contributed by atoms with Crippen LogP contribution in [0.25, 0.3) is 0 Å². The van der Waals surface area contributed by atoms with Gasteiger partial charge in [0, 0.05) is 66.5 Å². The fourth-order valence-electron chi connectivity index (χ4n) is 6.18. The molecule has 0 aromatic carbocycles. The molecule has 36 nitrogen and oxygen atoms in total. The lowest BCUT2D eigenvalue weighted by Crippen LogP contribution is -2.40. The van der Waals surface area contributed by atoms with Crippen molar-refractivity contribution in [2.45, 2.75) is 108 Å². The van der Waals surface area contributed by atoms with Crippen LogP contribution in [0.15, 0.2) is 36.5 Å². The summed E-state index contributed by atoms with van der Waals surface area (Å²) in [6, 6.07) is 0. The molecule has 5 unspecified atom stereocenters. The van der Waals surface area contributed by atoms with Crippen molar-refractivity contribution in [3.05, 3.63) is 36.5 Å². The zero-order valence-corrected chi connectivity index (χ0v) is 61.7. The van der Waals surface area contributed by atoms with Gasteiger partial charge in [-0.15, -0.1) is 0 Å². The molecular formula is C62H89N3O33S4. The first-order valence-corrected chi connectivity index (χ1v) is 34.1. The van der Waals surface area contributed by atoms with Crippen LogP contribution in [-0.4, -0.2) is 230 Å². The van der Waals surface area contributed by atoms with Gasteiger partial charge in [-0.3, -0.25) is 53.0 Å². The maximum absolute atomic E-state index is 12.7. The molecule has 0 bridgehead atoms. The van der Waals surface area contributed by atoms with E-state index >= 15 is 0 Å². The summed E-state index contributed by atoms with van der Waals surface area (Å²) in [6.07, 6.45) is 9.33. The van der Waals surface area contributed by atoms with Crippen LogP contribution in [0, 0.1) is 28.6 Å². The van der Waals surface area contributed by atoms with Crippen LogP contribution in [0.3, 0.4) is 0 Å². The number of thioether (sulfide) groups is 4. The number of amides is 4. The van der Waals surface area contributed by atoms with Crippen molar-refractivity contribution < 1.29 is 158 Å². The second-order valence-corrected chi connectivity index (χ2v) is 24.1. The third-order valence-corrected chi connectivity index (χ3v) is 15.8. The number of aliphatic hydroxyl groups is 1. The summed E-state index contributed by atoms with van der Waals surface area (Å²) >= 11 is 6.64. The van der Waals surface area contributed by atoms with Gasteiger partial charge in [0.25, 0.3) is 23.6 Å². The predicted molar refractivity (Wildman–Crippen MR) is 348 cm³/mol. The lowest BCUT2D eigenvalue weighted by atomic mass is 9.87.